The van der Waals surface area contributed by atoms with Crippen LogP contribution in [0.15, 0.2) is 24.3 Å². The maximum absolute atomic E-state index is 12.7. The van der Waals surface area contributed by atoms with Gasteiger partial charge in [-0.15, -0.1) is 0 Å². The molecule has 4 nitrogen and oxygen atoms in total. The lowest BCUT2D eigenvalue weighted by molar-refractivity contribution is -0.140. The van der Waals surface area contributed by atoms with Crippen LogP contribution in [0.1, 0.15) is 39.2 Å². The van der Waals surface area contributed by atoms with Crippen molar-refractivity contribution in [3.05, 3.63) is 29.8 Å². The highest BCUT2D eigenvalue weighted by molar-refractivity contribution is 5.98. The van der Waals surface area contributed by atoms with Crippen molar-refractivity contribution in [2.45, 2.75) is 44.6 Å². The molecule has 0 aliphatic carbocycles. The molecular weight excluding hydrogens is 264 g/mol. The number of benzene rings is 1. The fourth-order valence-corrected chi connectivity index (χ4v) is 2.84. The Morgan fingerprint density at radius 3 is 2.43 bits per heavy atom. The summed E-state index contributed by atoms with van der Waals surface area (Å²) in [5.74, 6) is -0.0387. The average molecular weight is 290 g/mol. The predicted molar refractivity (Wildman–Crippen MR) is 85.6 cm³/mol. The number of methoxy groups -OCH3 is 1. The molecule has 0 unspecified atom stereocenters. The second-order valence-corrected chi connectivity index (χ2v) is 6.70. The van der Waals surface area contributed by atoms with Crippen molar-refractivity contribution >= 4 is 11.6 Å². The lowest BCUT2D eigenvalue weighted by atomic mass is 9.85. The molecule has 1 fully saturated rings. The monoisotopic (exact) mass is 290 g/mol. The molecule has 1 aromatic rings. The lowest BCUT2D eigenvalue weighted by Crippen LogP contribution is -2.51. The van der Waals surface area contributed by atoms with Gasteiger partial charge in [0.05, 0.1) is 0 Å². The molecule has 2 rings (SSSR count). The highest BCUT2D eigenvalue weighted by atomic mass is 16.5. The van der Waals surface area contributed by atoms with Gasteiger partial charge in [-0.1, -0.05) is 39.0 Å². The maximum atomic E-state index is 12.7. The molecule has 1 aliphatic heterocycles. The number of para-hydroxylation sites is 1. The Balaban J connectivity index is 2.23. The number of rotatable bonds is 3. The number of nitrogens with one attached hydrogen (secondary N) is 2. The summed E-state index contributed by atoms with van der Waals surface area (Å²) in [5.41, 5.74) is 1.29. The largest absolute Gasteiger partial charge is 0.368 e. The molecule has 21 heavy (non-hydrogen) atoms. The molecule has 0 aromatic heterocycles. The quantitative estimate of drug-likeness (QED) is 0.900. The molecule has 1 heterocycles. The Hall–Kier alpha value is -1.39. The maximum Gasteiger partial charge on any atom is 0.256 e. The number of carbonyl (C=O) groups is 1. The topological polar surface area (TPSA) is 50.4 Å². The lowest BCUT2D eigenvalue weighted by Gasteiger charge is -2.35. The second-order valence-electron chi connectivity index (χ2n) is 6.70. The summed E-state index contributed by atoms with van der Waals surface area (Å²) in [7, 11) is 1.63. The first-order valence-corrected chi connectivity index (χ1v) is 7.56. The molecule has 1 saturated heterocycles. The van der Waals surface area contributed by atoms with Crippen molar-refractivity contribution in [1.82, 2.24) is 5.32 Å². The fourth-order valence-electron chi connectivity index (χ4n) is 2.84. The minimum atomic E-state index is -0.712. The van der Waals surface area contributed by atoms with E-state index in [2.05, 4.69) is 37.5 Å². The van der Waals surface area contributed by atoms with Gasteiger partial charge in [0.25, 0.3) is 5.91 Å². The van der Waals surface area contributed by atoms with Gasteiger partial charge in [0.1, 0.15) is 5.60 Å². The van der Waals surface area contributed by atoms with E-state index in [9.17, 15) is 4.79 Å². The molecule has 0 radical (unpaired) electrons. The second kappa shape index (κ2) is 6.16. The SMILES string of the molecule is COC1(C(=O)Nc2ccccc2C(C)(C)C)CCNCC1. The van der Waals surface area contributed by atoms with Crippen LogP contribution < -0.4 is 10.6 Å². The molecular formula is C17H26N2O2. The molecule has 0 saturated carbocycles. The van der Waals surface area contributed by atoms with Crippen molar-refractivity contribution in [1.29, 1.82) is 0 Å². The zero-order valence-electron chi connectivity index (χ0n) is 13.5. The zero-order chi connectivity index (χ0) is 15.5. The van der Waals surface area contributed by atoms with Gasteiger partial charge in [0.15, 0.2) is 0 Å². The van der Waals surface area contributed by atoms with Crippen LogP contribution in [-0.2, 0) is 14.9 Å². The Kier molecular flexibility index (Phi) is 4.69. The van der Waals surface area contributed by atoms with Crippen LogP contribution >= 0.6 is 0 Å². The van der Waals surface area contributed by atoms with E-state index in [-0.39, 0.29) is 11.3 Å². The van der Waals surface area contributed by atoms with Crippen LogP contribution in [0.2, 0.25) is 0 Å². The van der Waals surface area contributed by atoms with Crippen molar-refractivity contribution in [2.75, 3.05) is 25.5 Å². The number of amides is 1. The van der Waals surface area contributed by atoms with Gasteiger partial charge in [0, 0.05) is 12.8 Å². The first-order chi connectivity index (χ1) is 9.89. The molecule has 0 bridgehead atoms. The number of ether oxygens (including phenoxy) is 1. The Morgan fingerprint density at radius 1 is 1.24 bits per heavy atom. The summed E-state index contributed by atoms with van der Waals surface area (Å²) in [6.45, 7) is 8.06. The van der Waals surface area contributed by atoms with E-state index in [0.717, 1.165) is 24.3 Å². The van der Waals surface area contributed by atoms with Crippen molar-refractivity contribution in [3.8, 4) is 0 Å². The summed E-state index contributed by atoms with van der Waals surface area (Å²) in [6.07, 6.45) is 1.40. The predicted octanol–water partition coefficient (Wildman–Crippen LogP) is 2.69. The van der Waals surface area contributed by atoms with Gasteiger partial charge < -0.3 is 15.4 Å². The van der Waals surface area contributed by atoms with Gasteiger partial charge >= 0.3 is 0 Å². The van der Waals surface area contributed by atoms with Crippen LogP contribution in [-0.4, -0.2) is 31.7 Å². The number of piperidine rings is 1. The van der Waals surface area contributed by atoms with Gasteiger partial charge in [-0.3, -0.25) is 4.79 Å². The summed E-state index contributed by atoms with van der Waals surface area (Å²) < 4.78 is 5.59. The third-order valence-electron chi connectivity index (χ3n) is 4.20. The van der Waals surface area contributed by atoms with E-state index in [0.29, 0.717) is 12.8 Å². The number of carbonyl (C=O) groups excluding carboxylic acids is 1. The summed E-state index contributed by atoms with van der Waals surface area (Å²) in [4.78, 5) is 12.7. The fraction of sp³-hybridized carbons (Fsp3) is 0.588. The molecule has 116 valence electrons. The van der Waals surface area contributed by atoms with Crippen LogP contribution in [0.5, 0.6) is 0 Å². The van der Waals surface area contributed by atoms with Gasteiger partial charge in [-0.25, -0.2) is 0 Å². The van der Waals surface area contributed by atoms with Gasteiger partial charge in [-0.2, -0.15) is 0 Å². The van der Waals surface area contributed by atoms with Crippen LogP contribution in [0, 0.1) is 0 Å². The number of anilines is 1. The van der Waals surface area contributed by atoms with E-state index < -0.39 is 5.60 Å². The first-order valence-electron chi connectivity index (χ1n) is 7.56. The van der Waals surface area contributed by atoms with Crippen molar-refractivity contribution in [3.63, 3.8) is 0 Å². The van der Waals surface area contributed by atoms with Crippen LogP contribution in [0.25, 0.3) is 0 Å². The normalized spacial score (nSPS) is 18.3. The standard InChI is InChI=1S/C17H26N2O2/c1-16(2,3)13-7-5-6-8-14(13)19-15(20)17(21-4)9-11-18-12-10-17/h5-8,18H,9-12H2,1-4H3,(H,19,20). The van der Waals surface area contributed by atoms with Crippen molar-refractivity contribution < 1.29 is 9.53 Å². The van der Waals surface area contributed by atoms with Crippen molar-refractivity contribution in [2.24, 2.45) is 0 Å². The van der Waals surface area contributed by atoms with E-state index in [4.69, 9.17) is 4.74 Å². The van der Waals surface area contributed by atoms with Crippen LogP contribution in [0.3, 0.4) is 0 Å². The van der Waals surface area contributed by atoms with E-state index in [1.165, 1.54) is 0 Å². The summed E-state index contributed by atoms with van der Waals surface area (Å²) in [5, 5.41) is 6.36. The highest BCUT2D eigenvalue weighted by Gasteiger charge is 2.40. The molecule has 0 atom stereocenters. The number of hydrogen-bond donors (Lipinski definition) is 2. The third kappa shape index (κ3) is 3.44. The zero-order valence-corrected chi connectivity index (χ0v) is 13.5. The van der Waals surface area contributed by atoms with Gasteiger partial charge in [0.2, 0.25) is 0 Å². The highest BCUT2D eigenvalue weighted by Crippen LogP contribution is 2.31. The average Bonchev–Trinajstić information content (AvgIpc) is 2.47. The smallest absolute Gasteiger partial charge is 0.256 e. The van der Waals surface area contributed by atoms with E-state index in [1.54, 1.807) is 7.11 Å². The van der Waals surface area contributed by atoms with Gasteiger partial charge in [-0.05, 0) is 43.0 Å². The molecule has 0 spiro atoms. The van der Waals surface area contributed by atoms with E-state index >= 15 is 0 Å². The molecule has 2 N–H and O–H groups in total. The Morgan fingerprint density at radius 2 is 1.86 bits per heavy atom. The third-order valence-corrected chi connectivity index (χ3v) is 4.20. The summed E-state index contributed by atoms with van der Waals surface area (Å²) >= 11 is 0. The van der Waals surface area contributed by atoms with Crippen LogP contribution in [0.4, 0.5) is 5.69 Å². The Labute approximate surface area is 127 Å². The minimum Gasteiger partial charge on any atom is -0.368 e. The minimum absolute atomic E-state index is 0.0156. The summed E-state index contributed by atoms with van der Waals surface area (Å²) in [6, 6.07) is 7.99. The molecule has 1 amide bonds. The van der Waals surface area contributed by atoms with E-state index in [1.807, 2.05) is 18.2 Å². The molecule has 4 heteroatoms. The Bertz CT molecular complexity index is 500. The first kappa shape index (κ1) is 16.0. The number of hydrogen-bond acceptors (Lipinski definition) is 3. The molecule has 1 aromatic carbocycles. The molecule has 1 aliphatic rings.